The van der Waals surface area contributed by atoms with E-state index in [2.05, 4.69) is 16.6 Å². The van der Waals surface area contributed by atoms with Crippen LogP contribution >= 0.6 is 0 Å². The Bertz CT molecular complexity index is 512. The van der Waals surface area contributed by atoms with Crippen LogP contribution in [0.2, 0.25) is 0 Å². The van der Waals surface area contributed by atoms with E-state index in [-0.39, 0.29) is 25.2 Å². The first-order valence-electron chi connectivity index (χ1n) is 6.40. The highest BCUT2D eigenvalue weighted by atomic mass is 16.5. The van der Waals surface area contributed by atoms with Crippen LogP contribution in [0.3, 0.4) is 0 Å². The van der Waals surface area contributed by atoms with Gasteiger partial charge in [0.15, 0.2) is 5.78 Å². The number of benzene rings is 1. The van der Waals surface area contributed by atoms with Crippen molar-refractivity contribution >= 4 is 17.8 Å². The highest BCUT2D eigenvalue weighted by molar-refractivity contribution is 5.96. The van der Waals surface area contributed by atoms with Crippen molar-refractivity contribution in [1.82, 2.24) is 5.32 Å². The number of hydrogen-bond acceptors (Lipinski definition) is 4. The zero-order chi connectivity index (χ0) is 15.7. The van der Waals surface area contributed by atoms with Gasteiger partial charge in [-0.1, -0.05) is 43.0 Å². The molecule has 0 aliphatic rings. The minimum Gasteiger partial charge on any atom is -0.480 e. The van der Waals surface area contributed by atoms with Gasteiger partial charge in [-0.05, 0) is 6.42 Å². The molecule has 112 valence electrons. The molecule has 1 atom stereocenters. The van der Waals surface area contributed by atoms with Crippen LogP contribution in [0.1, 0.15) is 23.2 Å². The molecule has 0 radical (unpaired) electrons. The van der Waals surface area contributed by atoms with Gasteiger partial charge < -0.3 is 15.2 Å². The molecule has 1 amide bonds. The number of carbonyl (C=O) groups excluding carboxylic acids is 2. The fourth-order valence-electron chi connectivity index (χ4n) is 1.62. The smallest absolute Gasteiger partial charge is 0.408 e. The number of Topliss-reactive ketones (excluding diaryl/α,β-unsaturated/α-hetero) is 1. The van der Waals surface area contributed by atoms with Crippen molar-refractivity contribution in [2.45, 2.75) is 18.9 Å². The zero-order valence-electron chi connectivity index (χ0n) is 11.5. The molecule has 0 bridgehead atoms. The molecular formula is C15H17NO5. The van der Waals surface area contributed by atoms with E-state index in [1.165, 1.54) is 6.08 Å². The van der Waals surface area contributed by atoms with Crippen molar-refractivity contribution in [2.75, 3.05) is 6.61 Å². The quantitative estimate of drug-likeness (QED) is 0.564. The molecule has 0 aliphatic heterocycles. The summed E-state index contributed by atoms with van der Waals surface area (Å²) in [6.07, 6.45) is 0.526. The molecule has 0 saturated carbocycles. The van der Waals surface area contributed by atoms with E-state index in [1.807, 2.05) is 0 Å². The summed E-state index contributed by atoms with van der Waals surface area (Å²) in [4.78, 5) is 34.2. The number of alkyl carbamates (subject to hydrolysis) is 1. The van der Waals surface area contributed by atoms with E-state index < -0.39 is 18.1 Å². The summed E-state index contributed by atoms with van der Waals surface area (Å²) >= 11 is 0. The molecule has 1 unspecified atom stereocenters. The Labute approximate surface area is 122 Å². The number of carbonyl (C=O) groups is 3. The molecule has 6 nitrogen and oxygen atoms in total. The third-order valence-corrected chi connectivity index (χ3v) is 2.68. The molecule has 1 rings (SSSR count). The second kappa shape index (κ2) is 8.52. The van der Waals surface area contributed by atoms with Gasteiger partial charge in [0.1, 0.15) is 12.6 Å². The van der Waals surface area contributed by atoms with E-state index in [4.69, 9.17) is 5.11 Å². The fourth-order valence-corrected chi connectivity index (χ4v) is 1.62. The van der Waals surface area contributed by atoms with Gasteiger partial charge >= 0.3 is 12.1 Å². The molecule has 0 spiro atoms. The van der Waals surface area contributed by atoms with Crippen LogP contribution in [0, 0.1) is 0 Å². The summed E-state index contributed by atoms with van der Waals surface area (Å²) in [5.74, 6) is -1.39. The van der Waals surface area contributed by atoms with Crippen molar-refractivity contribution in [2.24, 2.45) is 0 Å². The van der Waals surface area contributed by atoms with Crippen molar-refractivity contribution in [3.8, 4) is 0 Å². The van der Waals surface area contributed by atoms with Crippen molar-refractivity contribution < 1.29 is 24.2 Å². The molecule has 0 aromatic heterocycles. The normalized spacial score (nSPS) is 11.2. The number of rotatable bonds is 8. The monoisotopic (exact) mass is 291 g/mol. The number of carboxylic acids is 1. The molecule has 0 fully saturated rings. The van der Waals surface area contributed by atoms with E-state index in [0.717, 1.165) is 0 Å². The predicted octanol–water partition coefficient (Wildman–Crippen LogP) is 2.01. The second-order valence-electron chi connectivity index (χ2n) is 4.25. The number of hydrogen-bond donors (Lipinski definition) is 2. The lowest BCUT2D eigenvalue weighted by Crippen LogP contribution is -2.41. The van der Waals surface area contributed by atoms with Crippen LogP contribution < -0.4 is 5.32 Å². The lowest BCUT2D eigenvalue weighted by Gasteiger charge is -2.13. The largest absolute Gasteiger partial charge is 0.480 e. The minimum absolute atomic E-state index is 0.00769. The second-order valence-corrected chi connectivity index (χ2v) is 4.25. The number of nitrogens with one attached hydrogen (secondary N) is 1. The molecular weight excluding hydrogens is 274 g/mol. The molecule has 0 aliphatic carbocycles. The van der Waals surface area contributed by atoms with Crippen LogP contribution in [-0.2, 0) is 9.53 Å². The molecule has 1 aromatic rings. The van der Waals surface area contributed by atoms with Gasteiger partial charge in [-0.25, -0.2) is 9.59 Å². The van der Waals surface area contributed by atoms with E-state index in [0.29, 0.717) is 5.56 Å². The molecule has 1 aromatic carbocycles. The Kier molecular flexibility index (Phi) is 6.67. The third kappa shape index (κ3) is 5.90. The number of ketones is 1. The Hall–Kier alpha value is -2.63. The standard InChI is InChI=1S/C15H17NO5/c1-2-10-21-15(20)16-12(14(18)19)8-9-13(17)11-6-4-3-5-7-11/h2-7,12H,1,8-10H2,(H,16,20)(H,18,19). The van der Waals surface area contributed by atoms with Gasteiger partial charge in [0.25, 0.3) is 0 Å². The van der Waals surface area contributed by atoms with Crippen LogP contribution in [0.15, 0.2) is 43.0 Å². The lowest BCUT2D eigenvalue weighted by molar-refractivity contribution is -0.139. The molecule has 0 saturated heterocycles. The average molecular weight is 291 g/mol. The summed E-state index contributed by atoms with van der Waals surface area (Å²) in [6, 6.07) is 7.39. The van der Waals surface area contributed by atoms with Gasteiger partial charge in [0.2, 0.25) is 0 Å². The van der Waals surface area contributed by atoms with Gasteiger partial charge in [0.05, 0.1) is 0 Å². The topological polar surface area (TPSA) is 92.7 Å². The van der Waals surface area contributed by atoms with Crippen LogP contribution in [0.25, 0.3) is 0 Å². The summed E-state index contributed by atoms with van der Waals surface area (Å²) in [6.45, 7) is 3.36. The maximum Gasteiger partial charge on any atom is 0.408 e. The number of amides is 1. The summed E-state index contributed by atoms with van der Waals surface area (Å²) < 4.78 is 4.65. The first-order valence-corrected chi connectivity index (χ1v) is 6.40. The van der Waals surface area contributed by atoms with Crippen molar-refractivity contribution in [3.63, 3.8) is 0 Å². The Morgan fingerprint density at radius 3 is 2.52 bits per heavy atom. The van der Waals surface area contributed by atoms with Crippen molar-refractivity contribution in [3.05, 3.63) is 48.6 Å². The van der Waals surface area contributed by atoms with E-state index in [1.54, 1.807) is 30.3 Å². The highest BCUT2D eigenvalue weighted by Gasteiger charge is 2.21. The van der Waals surface area contributed by atoms with Crippen molar-refractivity contribution in [1.29, 1.82) is 0 Å². The van der Waals surface area contributed by atoms with Gasteiger partial charge in [-0.3, -0.25) is 4.79 Å². The van der Waals surface area contributed by atoms with Crippen LogP contribution in [0.5, 0.6) is 0 Å². The Balaban J connectivity index is 2.51. The highest BCUT2D eigenvalue weighted by Crippen LogP contribution is 2.07. The Morgan fingerprint density at radius 2 is 1.95 bits per heavy atom. The molecule has 21 heavy (non-hydrogen) atoms. The molecule has 2 N–H and O–H groups in total. The number of aliphatic carboxylic acids is 1. The zero-order valence-corrected chi connectivity index (χ0v) is 11.5. The predicted molar refractivity (Wildman–Crippen MR) is 76.1 cm³/mol. The fraction of sp³-hybridized carbons (Fsp3) is 0.267. The number of carboxylic acid groups (broad SMARTS) is 1. The Morgan fingerprint density at radius 1 is 1.29 bits per heavy atom. The maximum absolute atomic E-state index is 11.9. The molecule has 0 heterocycles. The summed E-state index contributed by atoms with van der Waals surface area (Å²) in [7, 11) is 0. The maximum atomic E-state index is 11.9. The van der Waals surface area contributed by atoms with E-state index >= 15 is 0 Å². The average Bonchev–Trinajstić information content (AvgIpc) is 2.49. The first kappa shape index (κ1) is 16.4. The van der Waals surface area contributed by atoms with Gasteiger partial charge in [0, 0.05) is 12.0 Å². The van der Waals surface area contributed by atoms with Gasteiger partial charge in [-0.15, -0.1) is 0 Å². The molecule has 6 heteroatoms. The van der Waals surface area contributed by atoms with Crippen LogP contribution in [0.4, 0.5) is 4.79 Å². The third-order valence-electron chi connectivity index (χ3n) is 2.68. The van der Waals surface area contributed by atoms with Crippen LogP contribution in [-0.4, -0.2) is 35.6 Å². The van der Waals surface area contributed by atoms with E-state index in [9.17, 15) is 14.4 Å². The van der Waals surface area contributed by atoms with Gasteiger partial charge in [-0.2, -0.15) is 0 Å². The first-order chi connectivity index (χ1) is 10.0. The summed E-state index contributed by atoms with van der Waals surface area (Å²) in [5, 5.41) is 11.2. The SMILES string of the molecule is C=CCOC(=O)NC(CCC(=O)c1ccccc1)C(=O)O. The number of ether oxygens (including phenoxy) is 1. The summed E-state index contributed by atoms with van der Waals surface area (Å²) in [5.41, 5.74) is 0.510. The lowest BCUT2D eigenvalue weighted by atomic mass is 10.0. The minimum atomic E-state index is -1.22.